The lowest BCUT2D eigenvalue weighted by molar-refractivity contribution is -0.165. The Morgan fingerprint density at radius 1 is 0.936 bits per heavy atom. The van der Waals surface area contributed by atoms with Crippen LogP contribution in [0.15, 0.2) is 143 Å². The molecule has 0 amide bonds. The van der Waals surface area contributed by atoms with E-state index in [1.54, 1.807) is 30.5 Å². The van der Waals surface area contributed by atoms with Crippen LogP contribution in [0.5, 0.6) is 0 Å². The highest BCUT2D eigenvalue weighted by atomic mass is 35.5. The number of esters is 1. The average molecular weight is 648 g/mol. The molecule has 0 saturated carbocycles. The summed E-state index contributed by atoms with van der Waals surface area (Å²) in [4.78, 5) is 42.3. The number of rotatable bonds is 9. The number of ether oxygens (including phenoxy) is 1. The minimum atomic E-state index is -2.15. The van der Waals surface area contributed by atoms with Gasteiger partial charge in [0.25, 0.3) is 0 Å². The summed E-state index contributed by atoms with van der Waals surface area (Å²) in [6.45, 7) is 7.56. The van der Waals surface area contributed by atoms with Crippen molar-refractivity contribution in [3.05, 3.63) is 154 Å². The molecule has 0 N–H and O–H groups in total. The van der Waals surface area contributed by atoms with Gasteiger partial charge in [0, 0.05) is 34.8 Å². The van der Waals surface area contributed by atoms with E-state index in [-0.39, 0.29) is 22.0 Å². The number of nitrogens with zero attached hydrogens (tertiary/aromatic N) is 1. The summed E-state index contributed by atoms with van der Waals surface area (Å²) in [7, 11) is 0. The fourth-order valence-electron chi connectivity index (χ4n) is 5.33. The van der Waals surface area contributed by atoms with Crippen molar-refractivity contribution in [2.24, 2.45) is 5.92 Å². The first kappa shape index (κ1) is 33.3. The molecule has 47 heavy (non-hydrogen) atoms. The fourth-order valence-corrected chi connectivity index (χ4v) is 5.66. The van der Waals surface area contributed by atoms with Crippen LogP contribution in [0.3, 0.4) is 0 Å². The Labute approximate surface area is 279 Å². The summed E-state index contributed by atoms with van der Waals surface area (Å²) >= 11 is 6.66. The number of anilines is 1. The van der Waals surface area contributed by atoms with Crippen LogP contribution in [-0.4, -0.2) is 23.1 Å². The minimum absolute atomic E-state index is 0.142. The number of fused-ring (bicyclic) bond motifs is 1. The molecule has 1 aliphatic carbocycles. The van der Waals surface area contributed by atoms with Crippen LogP contribution in [-0.2, 0) is 19.1 Å². The molecule has 2 atom stereocenters. The third-order valence-electron chi connectivity index (χ3n) is 8.21. The van der Waals surface area contributed by atoms with Crippen molar-refractivity contribution < 1.29 is 23.5 Å². The Morgan fingerprint density at radius 2 is 1.57 bits per heavy atom. The molecule has 5 rings (SSSR count). The quantitative estimate of drug-likeness (QED) is 0.100. The summed E-state index contributed by atoms with van der Waals surface area (Å²) in [6.07, 6.45) is 13.1. The van der Waals surface area contributed by atoms with Gasteiger partial charge >= 0.3 is 5.97 Å². The number of ketones is 2. The highest BCUT2D eigenvalue weighted by Gasteiger charge is 2.52. The van der Waals surface area contributed by atoms with Crippen molar-refractivity contribution in [3.63, 3.8) is 0 Å². The van der Waals surface area contributed by atoms with E-state index in [1.807, 2.05) is 78.6 Å². The van der Waals surface area contributed by atoms with Gasteiger partial charge < -0.3 is 9.64 Å². The van der Waals surface area contributed by atoms with Gasteiger partial charge in [-0.1, -0.05) is 104 Å². The normalized spacial score (nSPS) is 19.2. The number of halogens is 2. The Balaban J connectivity index is 1.53. The van der Waals surface area contributed by atoms with Gasteiger partial charge in [0.15, 0.2) is 0 Å². The molecule has 7 heteroatoms. The monoisotopic (exact) mass is 647 g/mol. The van der Waals surface area contributed by atoms with Crippen LogP contribution in [0, 0.1) is 11.7 Å². The second-order valence-corrected chi connectivity index (χ2v) is 12.1. The van der Waals surface area contributed by atoms with E-state index in [1.165, 1.54) is 25.1 Å². The Kier molecular flexibility index (Phi) is 10.0. The Bertz CT molecular complexity index is 1880. The number of carbonyl (C=O) groups excluding carboxylic acids is 3. The zero-order valence-electron chi connectivity index (χ0n) is 26.7. The number of benzene rings is 3. The van der Waals surface area contributed by atoms with E-state index in [2.05, 4.69) is 19.9 Å². The smallest absolute Gasteiger partial charge is 0.332 e. The minimum Gasteiger partial charge on any atom is -0.439 e. The van der Waals surface area contributed by atoms with Crippen LogP contribution in [0.25, 0.3) is 17.2 Å². The second-order valence-electron chi connectivity index (χ2n) is 11.7. The van der Waals surface area contributed by atoms with Crippen LogP contribution in [0.4, 0.5) is 10.1 Å². The van der Waals surface area contributed by atoms with Crippen molar-refractivity contribution in [1.82, 2.24) is 0 Å². The van der Waals surface area contributed by atoms with Gasteiger partial charge in [-0.3, -0.25) is 9.59 Å². The van der Waals surface area contributed by atoms with Crippen molar-refractivity contribution in [2.75, 3.05) is 4.90 Å². The highest BCUT2D eigenvalue weighted by molar-refractivity contribution is 6.49. The molecule has 0 radical (unpaired) electrons. The SMILES string of the molecule is CC[C@H](C)/C=C(C)/C=C/C1=CC2=C(Cl)C(=O)[C@](C)(OC(=O)C=Cc3ccccc3)C(=O)C2=CN1c1ccc(-c2ccc(F)cc2)cc1. The van der Waals surface area contributed by atoms with Crippen molar-refractivity contribution in [2.45, 2.75) is 39.7 Å². The maximum atomic E-state index is 14.0. The number of allylic oxidation sites excluding steroid dienone is 6. The van der Waals surface area contributed by atoms with Crippen LogP contribution < -0.4 is 4.90 Å². The van der Waals surface area contributed by atoms with E-state index in [4.69, 9.17) is 16.3 Å². The second kappa shape index (κ2) is 14.1. The van der Waals surface area contributed by atoms with Gasteiger partial charge in [-0.25, -0.2) is 9.18 Å². The lowest BCUT2D eigenvalue weighted by atomic mass is 9.79. The molecule has 5 nitrogen and oxygen atoms in total. The summed E-state index contributed by atoms with van der Waals surface area (Å²) < 4.78 is 19.0. The first-order valence-electron chi connectivity index (χ1n) is 15.4. The van der Waals surface area contributed by atoms with Crippen molar-refractivity contribution >= 4 is 40.9 Å². The van der Waals surface area contributed by atoms with Gasteiger partial charge in [-0.15, -0.1) is 0 Å². The predicted octanol–water partition coefficient (Wildman–Crippen LogP) is 9.29. The summed E-state index contributed by atoms with van der Waals surface area (Å²) in [6, 6.07) is 23.0. The fraction of sp³-hybridized carbons (Fsp3) is 0.175. The number of hydrogen-bond acceptors (Lipinski definition) is 5. The number of hydrogen-bond donors (Lipinski definition) is 0. The molecule has 238 valence electrons. The molecule has 3 aromatic carbocycles. The van der Waals surface area contributed by atoms with Crippen LogP contribution in [0.1, 0.15) is 39.7 Å². The Hall–Kier alpha value is -5.07. The maximum Gasteiger partial charge on any atom is 0.332 e. The van der Waals surface area contributed by atoms with E-state index in [0.29, 0.717) is 11.6 Å². The molecule has 0 bridgehead atoms. The average Bonchev–Trinajstić information content (AvgIpc) is 3.08. The highest BCUT2D eigenvalue weighted by Crippen LogP contribution is 2.41. The zero-order chi connectivity index (χ0) is 33.7. The molecular formula is C40H35ClFNO4. The van der Waals surface area contributed by atoms with Gasteiger partial charge in [-0.05, 0) is 78.9 Å². The van der Waals surface area contributed by atoms with Gasteiger partial charge in [-0.2, -0.15) is 0 Å². The lowest BCUT2D eigenvalue weighted by Gasteiger charge is -2.35. The van der Waals surface area contributed by atoms with Crippen LogP contribution >= 0.6 is 11.6 Å². The first-order valence-corrected chi connectivity index (χ1v) is 15.8. The largest absolute Gasteiger partial charge is 0.439 e. The molecule has 0 saturated heterocycles. The van der Waals surface area contributed by atoms with Crippen LogP contribution in [0.2, 0.25) is 0 Å². The molecular weight excluding hydrogens is 613 g/mol. The molecule has 2 aliphatic rings. The maximum absolute atomic E-state index is 14.0. The molecule has 0 fully saturated rings. The van der Waals surface area contributed by atoms with E-state index >= 15 is 0 Å². The lowest BCUT2D eigenvalue weighted by Crippen LogP contribution is -2.52. The van der Waals surface area contributed by atoms with Crippen molar-refractivity contribution in [3.8, 4) is 11.1 Å². The number of carbonyl (C=O) groups is 3. The number of Topliss-reactive ketones (excluding diaryl/α,β-unsaturated/α-hetero) is 2. The standard InChI is InChI=1S/C40H35ClFNO4/c1-5-26(2)23-27(3)11-19-33-24-34-35(25-43(33)32-20-15-30(16-21-32)29-13-17-31(42)18-14-29)38(45)40(4,39(46)37(34)41)47-36(44)22-12-28-9-7-6-8-10-28/h6-26H,5H2,1-4H3/b19-11+,22-12?,27-23+/t26-,40+/m0/s1. The van der Waals surface area contributed by atoms with Gasteiger partial charge in [0.2, 0.25) is 17.2 Å². The summed E-state index contributed by atoms with van der Waals surface area (Å²) in [5, 5.41) is -0.192. The molecule has 3 aromatic rings. The molecule has 0 spiro atoms. The molecule has 1 aliphatic heterocycles. The summed E-state index contributed by atoms with van der Waals surface area (Å²) in [5.41, 5.74) is 3.20. The first-order chi connectivity index (χ1) is 22.5. The van der Waals surface area contributed by atoms with Gasteiger partial charge in [0.1, 0.15) is 5.82 Å². The predicted molar refractivity (Wildman–Crippen MR) is 186 cm³/mol. The molecule has 0 unspecified atom stereocenters. The Morgan fingerprint density at radius 3 is 2.21 bits per heavy atom. The summed E-state index contributed by atoms with van der Waals surface area (Å²) in [5.74, 6) is -2.23. The topological polar surface area (TPSA) is 63.7 Å². The van der Waals surface area contributed by atoms with E-state index < -0.39 is 23.1 Å². The van der Waals surface area contributed by atoms with Crippen molar-refractivity contribution in [1.29, 1.82) is 0 Å². The molecule has 1 heterocycles. The van der Waals surface area contributed by atoms with E-state index in [0.717, 1.165) is 34.4 Å². The zero-order valence-corrected chi connectivity index (χ0v) is 27.4. The van der Waals surface area contributed by atoms with Gasteiger partial charge in [0.05, 0.1) is 5.03 Å². The molecule has 0 aromatic heterocycles. The third-order valence-corrected chi connectivity index (χ3v) is 8.59. The third kappa shape index (κ3) is 7.34. The van der Waals surface area contributed by atoms with E-state index in [9.17, 15) is 18.8 Å².